The van der Waals surface area contributed by atoms with Crippen LogP contribution < -0.4 is 10.6 Å². The van der Waals surface area contributed by atoms with Gasteiger partial charge in [0.05, 0.1) is 20.3 Å². The lowest BCUT2D eigenvalue weighted by molar-refractivity contribution is -0.138. The molecule has 0 unspecified atom stereocenters. The zero-order valence-corrected chi connectivity index (χ0v) is 13.6. The van der Waals surface area contributed by atoms with Crippen molar-refractivity contribution in [1.82, 2.24) is 0 Å². The number of carbonyl (C=O) groups excluding carboxylic acids is 3. The summed E-state index contributed by atoms with van der Waals surface area (Å²) in [4.78, 5) is 34.4. The first-order valence-corrected chi connectivity index (χ1v) is 6.96. The van der Waals surface area contributed by atoms with Gasteiger partial charge in [-0.25, -0.2) is 9.59 Å². The number of rotatable bonds is 6. The van der Waals surface area contributed by atoms with Gasteiger partial charge >= 0.3 is 11.9 Å². The fourth-order valence-corrected chi connectivity index (χ4v) is 1.71. The van der Waals surface area contributed by atoms with Crippen LogP contribution >= 0.6 is 0 Å². The topological polar surface area (TPSA) is 93.7 Å². The highest BCUT2D eigenvalue weighted by Crippen LogP contribution is 2.21. The average Bonchev–Trinajstić information content (AvgIpc) is 2.55. The Balaban J connectivity index is 3.01. The van der Waals surface area contributed by atoms with Crippen molar-refractivity contribution in [2.75, 3.05) is 24.9 Å². The van der Waals surface area contributed by atoms with Gasteiger partial charge in [-0.1, -0.05) is 6.92 Å². The zero-order chi connectivity index (χ0) is 17.4. The molecule has 0 aliphatic carbocycles. The van der Waals surface area contributed by atoms with Crippen molar-refractivity contribution in [3.8, 4) is 0 Å². The highest BCUT2D eigenvalue weighted by Gasteiger charge is 2.14. The molecule has 7 heteroatoms. The van der Waals surface area contributed by atoms with E-state index in [1.54, 1.807) is 32.0 Å². The standard InChI is InChI=1S/C16H20N2O5/c1-5-14(19)17-11-6-7-12(10(2)8-11)18-13(16(21)23-4)9-15(20)22-3/h6-9,18H,5H2,1-4H3,(H,17,19)/b13-9+. The van der Waals surface area contributed by atoms with Crippen LogP contribution in [0.15, 0.2) is 30.0 Å². The number of ether oxygens (including phenoxy) is 2. The van der Waals surface area contributed by atoms with E-state index >= 15 is 0 Å². The predicted octanol–water partition coefficient (Wildman–Crippen LogP) is 1.99. The molecule has 23 heavy (non-hydrogen) atoms. The van der Waals surface area contributed by atoms with E-state index in [-0.39, 0.29) is 11.6 Å². The maximum Gasteiger partial charge on any atom is 0.354 e. The van der Waals surface area contributed by atoms with Crippen molar-refractivity contribution in [2.24, 2.45) is 0 Å². The zero-order valence-electron chi connectivity index (χ0n) is 13.6. The fourth-order valence-electron chi connectivity index (χ4n) is 1.71. The fraction of sp³-hybridized carbons (Fsp3) is 0.312. The van der Waals surface area contributed by atoms with Crippen LogP contribution in [-0.4, -0.2) is 32.1 Å². The summed E-state index contributed by atoms with van der Waals surface area (Å²) in [5.41, 5.74) is 1.97. The lowest BCUT2D eigenvalue weighted by Crippen LogP contribution is -2.16. The van der Waals surface area contributed by atoms with Crippen molar-refractivity contribution >= 4 is 29.2 Å². The van der Waals surface area contributed by atoms with Crippen LogP contribution in [-0.2, 0) is 23.9 Å². The molecule has 0 fully saturated rings. The van der Waals surface area contributed by atoms with E-state index in [4.69, 9.17) is 0 Å². The smallest absolute Gasteiger partial charge is 0.354 e. The Bertz CT molecular complexity index is 637. The molecule has 1 aromatic rings. The summed E-state index contributed by atoms with van der Waals surface area (Å²) in [6, 6.07) is 5.13. The van der Waals surface area contributed by atoms with E-state index < -0.39 is 11.9 Å². The van der Waals surface area contributed by atoms with E-state index in [1.165, 1.54) is 14.2 Å². The van der Waals surface area contributed by atoms with Crippen LogP contribution in [0, 0.1) is 6.92 Å². The number of hydrogen-bond acceptors (Lipinski definition) is 6. The minimum atomic E-state index is -0.696. The first-order chi connectivity index (χ1) is 10.9. The SMILES string of the molecule is CCC(=O)Nc1ccc(N/C(=C/C(=O)OC)C(=O)OC)c(C)c1. The van der Waals surface area contributed by atoms with E-state index in [0.717, 1.165) is 11.6 Å². The Kier molecular flexibility index (Phi) is 6.79. The van der Waals surface area contributed by atoms with Crippen LogP contribution in [0.4, 0.5) is 11.4 Å². The summed E-state index contributed by atoms with van der Waals surface area (Å²) < 4.78 is 9.13. The maximum absolute atomic E-state index is 11.7. The Morgan fingerprint density at radius 3 is 2.35 bits per heavy atom. The Morgan fingerprint density at radius 2 is 1.83 bits per heavy atom. The summed E-state index contributed by atoms with van der Waals surface area (Å²) >= 11 is 0. The van der Waals surface area contributed by atoms with E-state index in [2.05, 4.69) is 20.1 Å². The van der Waals surface area contributed by atoms with Gasteiger partial charge < -0.3 is 20.1 Å². The molecule has 2 N–H and O–H groups in total. The number of esters is 2. The second kappa shape index (κ2) is 8.57. The number of benzene rings is 1. The number of amides is 1. The molecular weight excluding hydrogens is 300 g/mol. The van der Waals surface area contributed by atoms with Crippen LogP contribution in [0.2, 0.25) is 0 Å². The number of anilines is 2. The normalized spacial score (nSPS) is 10.7. The molecule has 0 aliphatic heterocycles. The molecule has 0 bridgehead atoms. The second-order valence-electron chi connectivity index (χ2n) is 4.63. The van der Waals surface area contributed by atoms with Crippen molar-refractivity contribution < 1.29 is 23.9 Å². The molecule has 1 aromatic carbocycles. The van der Waals surface area contributed by atoms with E-state index in [1.807, 2.05) is 0 Å². The largest absolute Gasteiger partial charge is 0.466 e. The van der Waals surface area contributed by atoms with E-state index in [9.17, 15) is 14.4 Å². The lowest BCUT2D eigenvalue weighted by atomic mass is 10.1. The molecule has 0 atom stereocenters. The minimum Gasteiger partial charge on any atom is -0.466 e. The van der Waals surface area contributed by atoms with Gasteiger partial charge in [0.25, 0.3) is 0 Å². The average molecular weight is 320 g/mol. The quantitative estimate of drug-likeness (QED) is 0.615. The molecule has 124 valence electrons. The molecule has 0 saturated heterocycles. The first-order valence-electron chi connectivity index (χ1n) is 6.96. The molecule has 0 aliphatic rings. The van der Waals surface area contributed by atoms with Crippen molar-refractivity contribution in [3.63, 3.8) is 0 Å². The van der Waals surface area contributed by atoms with Crippen LogP contribution in [0.25, 0.3) is 0 Å². The van der Waals surface area contributed by atoms with Crippen LogP contribution in [0.3, 0.4) is 0 Å². The van der Waals surface area contributed by atoms with E-state index in [0.29, 0.717) is 17.8 Å². The lowest BCUT2D eigenvalue weighted by Gasteiger charge is -2.13. The maximum atomic E-state index is 11.7. The third-order valence-corrected chi connectivity index (χ3v) is 2.97. The van der Waals surface area contributed by atoms with Gasteiger partial charge in [-0.15, -0.1) is 0 Å². The van der Waals surface area contributed by atoms with Crippen molar-refractivity contribution in [3.05, 3.63) is 35.5 Å². The van der Waals surface area contributed by atoms with Crippen molar-refractivity contribution in [1.29, 1.82) is 0 Å². The third-order valence-electron chi connectivity index (χ3n) is 2.97. The summed E-state index contributed by atoms with van der Waals surface area (Å²) in [5.74, 6) is -1.47. The molecule has 0 radical (unpaired) electrons. The van der Waals surface area contributed by atoms with Crippen LogP contribution in [0.1, 0.15) is 18.9 Å². The molecule has 0 spiro atoms. The number of carbonyl (C=O) groups is 3. The second-order valence-corrected chi connectivity index (χ2v) is 4.63. The number of nitrogens with one attached hydrogen (secondary N) is 2. The Hall–Kier alpha value is -2.83. The third kappa shape index (κ3) is 5.46. The van der Waals surface area contributed by atoms with Gasteiger partial charge in [0.15, 0.2) is 0 Å². The highest BCUT2D eigenvalue weighted by molar-refractivity contribution is 5.99. The predicted molar refractivity (Wildman–Crippen MR) is 85.8 cm³/mol. The molecular formula is C16H20N2O5. The Morgan fingerprint density at radius 1 is 1.13 bits per heavy atom. The minimum absolute atomic E-state index is 0.0483. The molecule has 7 nitrogen and oxygen atoms in total. The van der Waals surface area contributed by atoms with Crippen LogP contribution in [0.5, 0.6) is 0 Å². The first kappa shape index (κ1) is 18.2. The molecule has 1 rings (SSSR count). The van der Waals surface area contributed by atoms with Gasteiger partial charge in [0.2, 0.25) is 5.91 Å². The molecule has 1 amide bonds. The van der Waals surface area contributed by atoms with Gasteiger partial charge in [-0.2, -0.15) is 0 Å². The van der Waals surface area contributed by atoms with Gasteiger partial charge in [0, 0.05) is 17.8 Å². The highest BCUT2D eigenvalue weighted by atomic mass is 16.5. The van der Waals surface area contributed by atoms with Gasteiger partial charge in [-0.05, 0) is 30.7 Å². The number of hydrogen-bond donors (Lipinski definition) is 2. The number of methoxy groups -OCH3 is 2. The summed E-state index contributed by atoms with van der Waals surface area (Å²) in [6.07, 6.45) is 1.39. The van der Waals surface area contributed by atoms with Gasteiger partial charge in [0.1, 0.15) is 5.70 Å². The Labute approximate surface area is 134 Å². The molecule has 0 saturated carbocycles. The molecule has 0 aromatic heterocycles. The summed E-state index contributed by atoms with van der Waals surface area (Å²) in [7, 11) is 2.43. The number of aryl methyl sites for hydroxylation is 1. The summed E-state index contributed by atoms with van der Waals surface area (Å²) in [6.45, 7) is 3.56. The summed E-state index contributed by atoms with van der Waals surface area (Å²) in [5, 5.41) is 5.57. The molecule has 0 heterocycles. The van der Waals surface area contributed by atoms with Crippen molar-refractivity contribution in [2.45, 2.75) is 20.3 Å². The monoisotopic (exact) mass is 320 g/mol. The van der Waals surface area contributed by atoms with Gasteiger partial charge in [-0.3, -0.25) is 4.79 Å².